The number of carboxylic acid groups (broad SMARTS) is 1. The maximum absolute atomic E-state index is 12.4. The number of hydrogen-bond donors (Lipinski definition) is 2. The molecule has 8 heteroatoms. The van der Waals surface area contributed by atoms with Gasteiger partial charge < -0.3 is 15.6 Å². The second kappa shape index (κ2) is 6.42. The standard InChI is InChI=1S/C13H18N2O5S/c14-10-5-7-15(8-6-10)21(18,19)12-3-1-11(2-4-12)20-9-13(16)17/h1-4,10H,5-9,14H2,(H,16,17). The van der Waals surface area contributed by atoms with Gasteiger partial charge >= 0.3 is 5.97 Å². The number of benzene rings is 1. The molecular formula is C13H18N2O5S. The molecule has 1 aromatic rings. The van der Waals surface area contributed by atoms with E-state index in [1.807, 2.05) is 0 Å². The molecule has 1 saturated heterocycles. The highest BCUT2D eigenvalue weighted by Crippen LogP contribution is 2.22. The number of hydrogen-bond acceptors (Lipinski definition) is 5. The van der Waals surface area contributed by atoms with E-state index in [4.69, 9.17) is 15.6 Å². The van der Waals surface area contributed by atoms with Crippen LogP contribution in [0.4, 0.5) is 0 Å². The van der Waals surface area contributed by atoms with Gasteiger partial charge in [0.25, 0.3) is 0 Å². The minimum Gasteiger partial charge on any atom is -0.482 e. The predicted octanol–water partition coefficient (Wildman–Crippen LogP) is 0.262. The Labute approximate surface area is 123 Å². The third kappa shape index (κ3) is 3.93. The summed E-state index contributed by atoms with van der Waals surface area (Å²) >= 11 is 0. The molecular weight excluding hydrogens is 296 g/mol. The van der Waals surface area contributed by atoms with Gasteiger partial charge in [-0.3, -0.25) is 0 Å². The number of carbonyl (C=O) groups is 1. The van der Waals surface area contributed by atoms with Crippen molar-refractivity contribution in [1.29, 1.82) is 0 Å². The summed E-state index contributed by atoms with van der Waals surface area (Å²) in [7, 11) is -3.53. The van der Waals surface area contributed by atoms with Crippen LogP contribution in [0.3, 0.4) is 0 Å². The molecule has 0 unspecified atom stereocenters. The number of nitrogens with two attached hydrogens (primary N) is 1. The lowest BCUT2D eigenvalue weighted by Crippen LogP contribution is -2.42. The number of nitrogens with zero attached hydrogens (tertiary/aromatic N) is 1. The van der Waals surface area contributed by atoms with Crippen LogP contribution in [0.15, 0.2) is 29.2 Å². The first kappa shape index (κ1) is 15.7. The Hall–Kier alpha value is -1.64. The highest BCUT2D eigenvalue weighted by atomic mass is 32.2. The molecule has 1 heterocycles. The average Bonchev–Trinajstić information content (AvgIpc) is 2.46. The topological polar surface area (TPSA) is 110 Å². The smallest absolute Gasteiger partial charge is 0.341 e. The van der Waals surface area contributed by atoms with E-state index < -0.39 is 22.6 Å². The molecule has 0 radical (unpaired) electrons. The van der Waals surface area contributed by atoms with Crippen LogP contribution in [0.5, 0.6) is 5.75 Å². The first-order chi connectivity index (χ1) is 9.89. The van der Waals surface area contributed by atoms with Crippen LogP contribution >= 0.6 is 0 Å². The zero-order valence-corrected chi connectivity index (χ0v) is 12.3. The van der Waals surface area contributed by atoms with Gasteiger partial charge in [-0.05, 0) is 37.1 Å². The van der Waals surface area contributed by atoms with Crippen molar-refractivity contribution in [3.63, 3.8) is 0 Å². The van der Waals surface area contributed by atoms with Crippen molar-refractivity contribution < 1.29 is 23.1 Å². The van der Waals surface area contributed by atoms with Gasteiger partial charge in [-0.15, -0.1) is 0 Å². The molecule has 0 aliphatic carbocycles. The summed E-state index contributed by atoms with van der Waals surface area (Å²) in [4.78, 5) is 10.6. The fourth-order valence-corrected chi connectivity index (χ4v) is 3.59. The van der Waals surface area contributed by atoms with Crippen molar-refractivity contribution in [1.82, 2.24) is 4.31 Å². The lowest BCUT2D eigenvalue weighted by atomic mass is 10.1. The van der Waals surface area contributed by atoms with Crippen LogP contribution in [0.2, 0.25) is 0 Å². The van der Waals surface area contributed by atoms with Gasteiger partial charge in [0.15, 0.2) is 6.61 Å². The van der Waals surface area contributed by atoms with Crippen molar-refractivity contribution >= 4 is 16.0 Å². The molecule has 1 fully saturated rings. The van der Waals surface area contributed by atoms with Crippen molar-refractivity contribution in [2.45, 2.75) is 23.8 Å². The minimum atomic E-state index is -3.53. The quantitative estimate of drug-likeness (QED) is 0.807. The van der Waals surface area contributed by atoms with Gasteiger partial charge in [-0.25, -0.2) is 13.2 Å². The van der Waals surface area contributed by atoms with Gasteiger partial charge in [0, 0.05) is 19.1 Å². The molecule has 21 heavy (non-hydrogen) atoms. The van der Waals surface area contributed by atoms with Crippen LogP contribution in [0.1, 0.15) is 12.8 Å². The van der Waals surface area contributed by atoms with E-state index in [9.17, 15) is 13.2 Å². The molecule has 0 atom stereocenters. The van der Waals surface area contributed by atoms with Gasteiger partial charge in [0.2, 0.25) is 10.0 Å². The summed E-state index contributed by atoms with van der Waals surface area (Å²) in [5, 5.41) is 8.51. The van der Waals surface area contributed by atoms with E-state index in [0.717, 1.165) is 0 Å². The van der Waals surface area contributed by atoms with E-state index in [-0.39, 0.29) is 10.9 Å². The van der Waals surface area contributed by atoms with Gasteiger partial charge in [0.1, 0.15) is 5.75 Å². The van der Waals surface area contributed by atoms with E-state index in [0.29, 0.717) is 31.7 Å². The molecule has 1 aliphatic heterocycles. The maximum atomic E-state index is 12.4. The Balaban J connectivity index is 2.08. The summed E-state index contributed by atoms with van der Waals surface area (Å²) in [5.41, 5.74) is 5.77. The van der Waals surface area contributed by atoms with Crippen LogP contribution in [0.25, 0.3) is 0 Å². The molecule has 3 N–H and O–H groups in total. The second-order valence-corrected chi connectivity index (χ2v) is 6.83. The molecule has 0 amide bonds. The number of sulfonamides is 1. The summed E-state index contributed by atoms with van der Waals surface area (Å²) in [5.74, 6) is -0.770. The van der Waals surface area contributed by atoms with E-state index in [2.05, 4.69) is 0 Å². The maximum Gasteiger partial charge on any atom is 0.341 e. The highest BCUT2D eigenvalue weighted by molar-refractivity contribution is 7.89. The van der Waals surface area contributed by atoms with Crippen molar-refractivity contribution in [2.24, 2.45) is 5.73 Å². The Morgan fingerprint density at radius 1 is 1.29 bits per heavy atom. The van der Waals surface area contributed by atoms with Crippen LogP contribution in [0, 0.1) is 0 Å². The van der Waals surface area contributed by atoms with Crippen molar-refractivity contribution in [2.75, 3.05) is 19.7 Å². The molecule has 1 aromatic carbocycles. The van der Waals surface area contributed by atoms with E-state index in [1.165, 1.54) is 28.6 Å². The van der Waals surface area contributed by atoms with Crippen LogP contribution in [-0.2, 0) is 14.8 Å². The Kier molecular flexibility index (Phi) is 4.81. The number of aliphatic carboxylic acids is 1. The Morgan fingerprint density at radius 2 is 1.86 bits per heavy atom. The first-order valence-electron chi connectivity index (χ1n) is 6.60. The summed E-state index contributed by atoms with van der Waals surface area (Å²) < 4.78 is 31.2. The molecule has 2 rings (SSSR count). The molecule has 0 aromatic heterocycles. The summed E-state index contributed by atoms with van der Waals surface area (Å²) in [6.45, 7) is 0.373. The number of rotatable bonds is 5. The normalized spacial score (nSPS) is 17.6. The molecule has 0 saturated carbocycles. The molecule has 0 spiro atoms. The largest absolute Gasteiger partial charge is 0.482 e. The van der Waals surface area contributed by atoms with Crippen molar-refractivity contribution in [3.8, 4) is 5.75 Å². The Bertz CT molecular complexity index is 591. The SMILES string of the molecule is NC1CCN(S(=O)(=O)c2ccc(OCC(=O)O)cc2)CC1. The average molecular weight is 314 g/mol. The number of carboxylic acids is 1. The fourth-order valence-electron chi connectivity index (χ4n) is 2.12. The summed E-state index contributed by atoms with van der Waals surface area (Å²) in [6.07, 6.45) is 1.30. The second-order valence-electron chi connectivity index (χ2n) is 4.90. The first-order valence-corrected chi connectivity index (χ1v) is 8.04. The zero-order valence-electron chi connectivity index (χ0n) is 11.4. The lowest BCUT2D eigenvalue weighted by molar-refractivity contribution is -0.139. The lowest BCUT2D eigenvalue weighted by Gasteiger charge is -2.29. The third-order valence-electron chi connectivity index (χ3n) is 3.32. The minimum absolute atomic E-state index is 0.0586. The molecule has 116 valence electrons. The molecule has 1 aliphatic rings. The van der Waals surface area contributed by atoms with Gasteiger partial charge in [-0.1, -0.05) is 0 Å². The predicted molar refractivity (Wildman–Crippen MR) is 75.5 cm³/mol. The number of piperidine rings is 1. The molecule has 7 nitrogen and oxygen atoms in total. The Morgan fingerprint density at radius 3 is 2.38 bits per heavy atom. The molecule has 0 bridgehead atoms. The van der Waals surface area contributed by atoms with Crippen LogP contribution in [-0.4, -0.2) is 49.5 Å². The van der Waals surface area contributed by atoms with Crippen molar-refractivity contribution in [3.05, 3.63) is 24.3 Å². The van der Waals surface area contributed by atoms with Gasteiger partial charge in [0.05, 0.1) is 4.90 Å². The fraction of sp³-hybridized carbons (Fsp3) is 0.462. The summed E-state index contributed by atoms with van der Waals surface area (Å²) in [6, 6.07) is 5.79. The third-order valence-corrected chi connectivity index (χ3v) is 5.24. The van der Waals surface area contributed by atoms with Gasteiger partial charge in [-0.2, -0.15) is 4.31 Å². The highest BCUT2D eigenvalue weighted by Gasteiger charge is 2.28. The number of ether oxygens (including phenoxy) is 1. The van der Waals surface area contributed by atoms with E-state index >= 15 is 0 Å². The zero-order chi connectivity index (χ0) is 15.5. The van der Waals surface area contributed by atoms with Crippen LogP contribution < -0.4 is 10.5 Å². The monoisotopic (exact) mass is 314 g/mol. The van der Waals surface area contributed by atoms with E-state index in [1.54, 1.807) is 0 Å².